The van der Waals surface area contributed by atoms with E-state index < -0.39 is 0 Å². The molecule has 0 saturated heterocycles. The van der Waals surface area contributed by atoms with Crippen LogP contribution in [0, 0.1) is 6.92 Å². The molecule has 0 radical (unpaired) electrons. The first-order valence-electron chi connectivity index (χ1n) is 5.36. The highest BCUT2D eigenvalue weighted by molar-refractivity contribution is 5.67. The fourth-order valence-electron chi connectivity index (χ4n) is 1.58. The number of hydrogen-bond donors (Lipinski definition) is 1. The Morgan fingerprint density at radius 2 is 2.25 bits per heavy atom. The zero-order valence-corrected chi connectivity index (χ0v) is 9.94. The quantitative estimate of drug-likeness (QED) is 0.833. The predicted octanol–water partition coefficient (Wildman–Crippen LogP) is 1.01. The van der Waals surface area contributed by atoms with Crippen molar-refractivity contribution in [2.75, 3.05) is 32.5 Å². The zero-order valence-electron chi connectivity index (χ0n) is 9.94. The number of nitrogens with one attached hydrogen (secondary N) is 1. The van der Waals surface area contributed by atoms with E-state index in [1.165, 1.54) is 0 Å². The van der Waals surface area contributed by atoms with Gasteiger partial charge in [0.25, 0.3) is 0 Å². The van der Waals surface area contributed by atoms with E-state index in [0.29, 0.717) is 0 Å². The number of aromatic nitrogens is 3. The van der Waals surface area contributed by atoms with Gasteiger partial charge < -0.3 is 10.2 Å². The lowest BCUT2D eigenvalue weighted by atomic mass is 10.4. The second kappa shape index (κ2) is 4.49. The van der Waals surface area contributed by atoms with E-state index >= 15 is 0 Å². The van der Waals surface area contributed by atoms with Crippen molar-refractivity contribution in [3.8, 4) is 0 Å². The molecule has 0 aliphatic carbocycles. The predicted molar refractivity (Wildman–Crippen MR) is 64.8 cm³/mol. The van der Waals surface area contributed by atoms with Crippen LogP contribution in [0.5, 0.6) is 0 Å². The molecule has 2 aromatic rings. The maximum atomic E-state index is 4.34. The molecule has 0 amide bonds. The average molecular weight is 219 g/mol. The summed E-state index contributed by atoms with van der Waals surface area (Å²) in [5.41, 5.74) is 2.03. The van der Waals surface area contributed by atoms with Crippen LogP contribution < -0.4 is 5.32 Å². The first-order valence-corrected chi connectivity index (χ1v) is 5.36. The molecule has 2 aromatic heterocycles. The van der Waals surface area contributed by atoms with Gasteiger partial charge in [0.2, 0.25) is 0 Å². The number of nitrogens with zero attached hydrogens (tertiary/aromatic N) is 4. The van der Waals surface area contributed by atoms with Gasteiger partial charge in [0.1, 0.15) is 5.52 Å². The lowest BCUT2D eigenvalue weighted by molar-refractivity contribution is 0.425. The second-order valence-electron chi connectivity index (χ2n) is 4.12. The van der Waals surface area contributed by atoms with Crippen LogP contribution in [-0.2, 0) is 0 Å². The van der Waals surface area contributed by atoms with E-state index in [1.54, 1.807) is 6.20 Å². The summed E-state index contributed by atoms with van der Waals surface area (Å²) in [5.74, 6) is 0.893. The molecule has 0 aromatic carbocycles. The van der Waals surface area contributed by atoms with E-state index in [-0.39, 0.29) is 0 Å². The van der Waals surface area contributed by atoms with Crippen molar-refractivity contribution >= 4 is 11.3 Å². The van der Waals surface area contributed by atoms with Gasteiger partial charge in [-0.1, -0.05) is 0 Å². The molecular formula is C11H17N5. The molecule has 5 heteroatoms. The monoisotopic (exact) mass is 219 g/mol. The molecule has 0 unspecified atom stereocenters. The normalized spacial score (nSPS) is 11.2. The largest absolute Gasteiger partial charge is 0.367 e. The summed E-state index contributed by atoms with van der Waals surface area (Å²) >= 11 is 0. The van der Waals surface area contributed by atoms with Crippen LogP contribution in [0.15, 0.2) is 18.5 Å². The van der Waals surface area contributed by atoms with Crippen molar-refractivity contribution in [3.63, 3.8) is 0 Å². The Bertz CT molecular complexity index is 474. The van der Waals surface area contributed by atoms with Gasteiger partial charge in [-0.15, -0.1) is 0 Å². The van der Waals surface area contributed by atoms with Crippen LogP contribution in [-0.4, -0.2) is 46.7 Å². The van der Waals surface area contributed by atoms with E-state index in [1.807, 2.05) is 23.7 Å². The maximum absolute atomic E-state index is 4.34. The van der Waals surface area contributed by atoms with Crippen molar-refractivity contribution in [1.82, 2.24) is 19.5 Å². The summed E-state index contributed by atoms with van der Waals surface area (Å²) in [7, 11) is 4.11. The van der Waals surface area contributed by atoms with Gasteiger partial charge in [0.15, 0.2) is 5.82 Å². The highest BCUT2D eigenvalue weighted by Gasteiger charge is 2.04. The lowest BCUT2D eigenvalue weighted by Crippen LogP contribution is -2.21. The molecule has 0 saturated carbocycles. The van der Waals surface area contributed by atoms with Gasteiger partial charge in [0, 0.05) is 25.5 Å². The van der Waals surface area contributed by atoms with Crippen LogP contribution in [0.1, 0.15) is 5.69 Å². The number of likely N-dealkylation sites (N-methyl/N-ethyl adjacent to an activating group) is 1. The van der Waals surface area contributed by atoms with Gasteiger partial charge in [-0.05, 0) is 27.1 Å². The third kappa shape index (κ3) is 2.30. The topological polar surface area (TPSA) is 45.5 Å². The van der Waals surface area contributed by atoms with Crippen LogP contribution >= 0.6 is 0 Å². The minimum Gasteiger partial charge on any atom is -0.367 e. The maximum Gasteiger partial charge on any atom is 0.152 e. The Kier molecular flexibility index (Phi) is 3.05. The smallest absolute Gasteiger partial charge is 0.152 e. The number of hydrogen-bond acceptors (Lipinski definition) is 4. The van der Waals surface area contributed by atoms with Crippen LogP contribution in [0.25, 0.3) is 5.52 Å². The van der Waals surface area contributed by atoms with E-state index in [9.17, 15) is 0 Å². The number of anilines is 1. The van der Waals surface area contributed by atoms with Crippen molar-refractivity contribution in [2.24, 2.45) is 0 Å². The Balaban J connectivity index is 2.17. The molecule has 2 heterocycles. The zero-order chi connectivity index (χ0) is 11.5. The molecule has 0 fully saturated rings. The van der Waals surface area contributed by atoms with Crippen molar-refractivity contribution < 1.29 is 0 Å². The van der Waals surface area contributed by atoms with Crippen molar-refractivity contribution in [1.29, 1.82) is 0 Å². The van der Waals surface area contributed by atoms with E-state index in [0.717, 1.165) is 30.1 Å². The second-order valence-corrected chi connectivity index (χ2v) is 4.12. The fraction of sp³-hybridized carbons (Fsp3) is 0.455. The fourth-order valence-corrected chi connectivity index (χ4v) is 1.58. The van der Waals surface area contributed by atoms with E-state index in [2.05, 4.69) is 34.4 Å². The van der Waals surface area contributed by atoms with Crippen LogP contribution in [0.3, 0.4) is 0 Å². The molecule has 0 atom stereocenters. The molecule has 0 bridgehead atoms. The lowest BCUT2D eigenvalue weighted by Gasteiger charge is -2.11. The molecule has 5 nitrogen and oxygen atoms in total. The third-order valence-corrected chi connectivity index (χ3v) is 2.36. The Labute approximate surface area is 95.1 Å². The Hall–Kier alpha value is -1.62. The number of rotatable bonds is 4. The highest BCUT2D eigenvalue weighted by atomic mass is 15.2. The van der Waals surface area contributed by atoms with Crippen molar-refractivity contribution in [3.05, 3.63) is 24.2 Å². The van der Waals surface area contributed by atoms with Gasteiger partial charge in [-0.3, -0.25) is 0 Å². The van der Waals surface area contributed by atoms with Gasteiger partial charge in [-0.25, -0.2) is 9.50 Å². The van der Waals surface area contributed by atoms with Crippen molar-refractivity contribution in [2.45, 2.75) is 6.92 Å². The van der Waals surface area contributed by atoms with Gasteiger partial charge in [-0.2, -0.15) is 5.10 Å². The summed E-state index contributed by atoms with van der Waals surface area (Å²) in [6.45, 7) is 3.84. The molecule has 1 N–H and O–H groups in total. The van der Waals surface area contributed by atoms with Crippen LogP contribution in [0.4, 0.5) is 5.82 Å². The SMILES string of the molecule is Cc1cc2c(NCCN(C)C)nccn2n1. The average Bonchev–Trinajstić information content (AvgIpc) is 2.58. The molecule has 16 heavy (non-hydrogen) atoms. The molecular weight excluding hydrogens is 202 g/mol. The molecule has 0 spiro atoms. The van der Waals surface area contributed by atoms with Gasteiger partial charge >= 0.3 is 0 Å². The Morgan fingerprint density at radius 3 is 3.00 bits per heavy atom. The summed E-state index contributed by atoms with van der Waals surface area (Å²) in [6.07, 6.45) is 3.62. The minimum absolute atomic E-state index is 0.879. The molecule has 2 rings (SSSR count). The first-order chi connectivity index (χ1) is 7.66. The first kappa shape index (κ1) is 10.9. The third-order valence-electron chi connectivity index (χ3n) is 2.36. The van der Waals surface area contributed by atoms with Crippen LogP contribution in [0.2, 0.25) is 0 Å². The number of aryl methyl sites for hydroxylation is 1. The summed E-state index contributed by atoms with van der Waals surface area (Å²) in [5, 5.41) is 7.66. The summed E-state index contributed by atoms with van der Waals surface area (Å²) in [6, 6.07) is 2.03. The summed E-state index contributed by atoms with van der Waals surface area (Å²) < 4.78 is 1.85. The molecule has 86 valence electrons. The van der Waals surface area contributed by atoms with E-state index in [4.69, 9.17) is 0 Å². The Morgan fingerprint density at radius 1 is 1.44 bits per heavy atom. The highest BCUT2D eigenvalue weighted by Crippen LogP contribution is 2.13. The standard InChI is InChI=1S/C11H17N5/c1-9-8-10-11(12-4-6-15(2)3)13-5-7-16(10)14-9/h5,7-8H,4,6H2,1-3H3,(H,12,13). The molecule has 0 aliphatic heterocycles. The summed E-state index contributed by atoms with van der Waals surface area (Å²) in [4.78, 5) is 6.46. The number of fused-ring (bicyclic) bond motifs is 1. The molecule has 0 aliphatic rings. The van der Waals surface area contributed by atoms with Gasteiger partial charge in [0.05, 0.1) is 5.69 Å². The minimum atomic E-state index is 0.879.